The Labute approximate surface area is 117 Å². The van der Waals surface area contributed by atoms with Crippen LogP contribution in [0.25, 0.3) is 0 Å². The van der Waals surface area contributed by atoms with Crippen molar-refractivity contribution in [1.82, 2.24) is 15.1 Å². The summed E-state index contributed by atoms with van der Waals surface area (Å²) in [5.74, 6) is 0.497. The highest BCUT2D eigenvalue weighted by molar-refractivity contribution is 5.49. The molecule has 0 aromatic carbocycles. The molecule has 7 heteroatoms. The summed E-state index contributed by atoms with van der Waals surface area (Å²) < 4.78 is 39.2. The highest BCUT2D eigenvalue weighted by atomic mass is 19.4. The van der Waals surface area contributed by atoms with E-state index in [4.69, 9.17) is 0 Å². The Morgan fingerprint density at radius 1 is 1.25 bits per heavy atom. The largest absolute Gasteiger partial charge is 0.405 e. The Morgan fingerprint density at radius 3 is 2.25 bits per heavy atom. The van der Waals surface area contributed by atoms with Crippen molar-refractivity contribution in [2.75, 3.05) is 18.5 Å². The highest BCUT2D eigenvalue weighted by Gasteiger charge is 2.31. The van der Waals surface area contributed by atoms with Gasteiger partial charge in [0, 0.05) is 31.7 Å². The summed E-state index contributed by atoms with van der Waals surface area (Å²) in [5.41, 5.74) is 1.43. The van der Waals surface area contributed by atoms with Crippen molar-refractivity contribution in [3.05, 3.63) is 11.3 Å². The van der Waals surface area contributed by atoms with Crippen LogP contribution in [0.3, 0.4) is 0 Å². The topological polar surface area (TPSA) is 33.1 Å². The smallest absolute Gasteiger partial charge is 0.351 e. The lowest BCUT2D eigenvalue weighted by atomic mass is 10.1. The summed E-state index contributed by atoms with van der Waals surface area (Å²) in [6, 6.07) is 0. The number of aromatic nitrogens is 2. The third-order valence-corrected chi connectivity index (χ3v) is 2.89. The summed E-state index contributed by atoms with van der Waals surface area (Å²) >= 11 is 0. The number of alkyl halides is 3. The van der Waals surface area contributed by atoms with Crippen LogP contribution in [-0.4, -0.2) is 35.1 Å². The summed E-state index contributed by atoms with van der Waals surface area (Å²) in [7, 11) is 3.10. The molecule has 0 aliphatic carbocycles. The molecule has 0 amide bonds. The molecule has 1 aromatic rings. The molecule has 0 fully saturated rings. The van der Waals surface area contributed by atoms with Gasteiger partial charge in [0.25, 0.3) is 0 Å². The molecule has 0 radical (unpaired) electrons. The second-order valence-electron chi connectivity index (χ2n) is 6.09. The highest BCUT2D eigenvalue weighted by Crippen LogP contribution is 2.26. The van der Waals surface area contributed by atoms with Gasteiger partial charge >= 0.3 is 6.18 Å². The van der Waals surface area contributed by atoms with Gasteiger partial charge in [-0.1, -0.05) is 0 Å². The Hall–Kier alpha value is -1.24. The third kappa shape index (κ3) is 4.70. The number of rotatable bonds is 4. The van der Waals surface area contributed by atoms with Gasteiger partial charge in [-0.15, -0.1) is 0 Å². The molecule has 4 nitrogen and oxygen atoms in total. The monoisotopic (exact) mass is 292 g/mol. The van der Waals surface area contributed by atoms with Gasteiger partial charge in [0.2, 0.25) is 0 Å². The van der Waals surface area contributed by atoms with Crippen LogP contribution in [0.5, 0.6) is 0 Å². The molecule has 1 aromatic heterocycles. The van der Waals surface area contributed by atoms with Crippen molar-refractivity contribution in [2.24, 2.45) is 7.05 Å². The fraction of sp³-hybridized carbons (Fsp3) is 0.769. The first-order valence-electron chi connectivity index (χ1n) is 6.46. The Kier molecular flexibility index (Phi) is 4.74. The maximum absolute atomic E-state index is 12.6. The van der Waals surface area contributed by atoms with Crippen LogP contribution in [0.4, 0.5) is 19.0 Å². The molecule has 116 valence electrons. The molecule has 1 heterocycles. The van der Waals surface area contributed by atoms with E-state index in [9.17, 15) is 13.2 Å². The van der Waals surface area contributed by atoms with Crippen LogP contribution in [0.2, 0.25) is 0 Å². The molecule has 0 bridgehead atoms. The van der Waals surface area contributed by atoms with Crippen LogP contribution >= 0.6 is 0 Å². The molecular formula is C13H23F3N4. The second kappa shape index (κ2) is 5.63. The second-order valence-corrected chi connectivity index (χ2v) is 6.09. The van der Waals surface area contributed by atoms with Crippen LogP contribution in [0.1, 0.15) is 32.0 Å². The molecule has 0 saturated carbocycles. The van der Waals surface area contributed by atoms with E-state index in [1.165, 1.54) is 16.6 Å². The molecule has 0 spiro atoms. The normalized spacial score (nSPS) is 12.8. The average Bonchev–Trinajstić information content (AvgIpc) is 2.46. The van der Waals surface area contributed by atoms with Crippen molar-refractivity contribution >= 4 is 5.82 Å². The minimum Gasteiger partial charge on any atom is -0.351 e. The zero-order chi connectivity index (χ0) is 15.7. The molecule has 20 heavy (non-hydrogen) atoms. The number of hydrogen-bond donors (Lipinski definition) is 1. The summed E-state index contributed by atoms with van der Waals surface area (Å²) in [6.07, 6.45) is -4.23. The molecule has 1 N–H and O–H groups in total. The van der Waals surface area contributed by atoms with Crippen molar-refractivity contribution in [1.29, 1.82) is 0 Å². The maximum Gasteiger partial charge on any atom is 0.405 e. The van der Waals surface area contributed by atoms with Crippen LogP contribution in [0.15, 0.2) is 0 Å². The third-order valence-electron chi connectivity index (χ3n) is 2.89. The van der Waals surface area contributed by atoms with Crippen LogP contribution < -0.4 is 10.2 Å². The van der Waals surface area contributed by atoms with Crippen molar-refractivity contribution in [3.8, 4) is 0 Å². The Bertz CT molecular complexity index is 457. The van der Waals surface area contributed by atoms with E-state index in [0.29, 0.717) is 12.4 Å². The predicted octanol–water partition coefficient (Wildman–Crippen LogP) is 2.62. The number of nitrogens with one attached hydrogen (secondary N) is 1. The molecule has 0 atom stereocenters. The van der Waals surface area contributed by atoms with Crippen molar-refractivity contribution in [3.63, 3.8) is 0 Å². The minimum absolute atomic E-state index is 0.109. The molecule has 1 rings (SSSR count). The number of anilines is 1. The van der Waals surface area contributed by atoms with E-state index in [2.05, 4.69) is 10.4 Å². The summed E-state index contributed by atoms with van der Waals surface area (Å²) in [6.45, 7) is 7.34. The lowest BCUT2D eigenvalue weighted by molar-refractivity contribution is -0.119. The molecule has 0 aliphatic heterocycles. The quantitative estimate of drug-likeness (QED) is 0.926. The standard InChI is InChI=1S/C13H23F3N4/c1-9-10(7-17-12(2,3)4)11(20(6)18-9)19(5)8-13(14,15)16/h17H,7-8H2,1-6H3. The van der Waals surface area contributed by atoms with Crippen molar-refractivity contribution < 1.29 is 13.2 Å². The van der Waals surface area contributed by atoms with Gasteiger partial charge in [-0.2, -0.15) is 18.3 Å². The lowest BCUT2D eigenvalue weighted by Gasteiger charge is -2.25. The first-order valence-corrected chi connectivity index (χ1v) is 6.46. The zero-order valence-corrected chi connectivity index (χ0v) is 12.9. The van der Waals surface area contributed by atoms with Gasteiger partial charge in [0.05, 0.1) is 5.69 Å². The van der Waals surface area contributed by atoms with E-state index < -0.39 is 12.7 Å². The van der Waals surface area contributed by atoms with E-state index in [1.807, 2.05) is 27.7 Å². The van der Waals surface area contributed by atoms with Gasteiger partial charge in [0.1, 0.15) is 12.4 Å². The van der Waals surface area contributed by atoms with Gasteiger partial charge in [0.15, 0.2) is 0 Å². The van der Waals surface area contributed by atoms with E-state index in [1.54, 1.807) is 7.05 Å². The first kappa shape index (κ1) is 16.8. The first-order chi connectivity index (χ1) is 8.91. The predicted molar refractivity (Wildman–Crippen MR) is 73.9 cm³/mol. The number of aryl methyl sites for hydroxylation is 2. The molecular weight excluding hydrogens is 269 g/mol. The fourth-order valence-corrected chi connectivity index (χ4v) is 2.07. The van der Waals surface area contributed by atoms with Crippen molar-refractivity contribution in [2.45, 2.75) is 46.0 Å². The number of hydrogen-bond acceptors (Lipinski definition) is 3. The summed E-state index contributed by atoms with van der Waals surface area (Å²) in [5, 5.41) is 7.52. The number of halogens is 3. The molecule has 0 aliphatic rings. The number of nitrogens with zero attached hydrogens (tertiary/aromatic N) is 3. The fourth-order valence-electron chi connectivity index (χ4n) is 2.07. The van der Waals surface area contributed by atoms with E-state index >= 15 is 0 Å². The van der Waals surface area contributed by atoms with E-state index in [0.717, 1.165) is 11.3 Å². The van der Waals surface area contributed by atoms with Crippen LogP contribution in [0, 0.1) is 6.92 Å². The van der Waals surface area contributed by atoms with Gasteiger partial charge in [-0.25, -0.2) is 0 Å². The maximum atomic E-state index is 12.6. The molecule has 0 unspecified atom stereocenters. The summed E-state index contributed by atoms with van der Waals surface area (Å²) in [4.78, 5) is 1.19. The zero-order valence-electron chi connectivity index (χ0n) is 12.9. The van der Waals surface area contributed by atoms with Crippen LogP contribution in [-0.2, 0) is 13.6 Å². The Morgan fingerprint density at radius 2 is 1.80 bits per heavy atom. The minimum atomic E-state index is -4.23. The molecule has 0 saturated heterocycles. The van der Waals surface area contributed by atoms with E-state index in [-0.39, 0.29) is 5.54 Å². The Balaban J connectivity index is 3.00. The SMILES string of the molecule is Cc1nn(C)c(N(C)CC(F)(F)F)c1CNC(C)(C)C. The van der Waals surface area contributed by atoms with Gasteiger partial charge < -0.3 is 10.2 Å². The average molecular weight is 292 g/mol. The van der Waals surface area contributed by atoms with Gasteiger partial charge in [-0.3, -0.25) is 4.68 Å². The lowest BCUT2D eigenvalue weighted by Crippen LogP contribution is -2.37. The van der Waals surface area contributed by atoms with Gasteiger partial charge in [-0.05, 0) is 27.7 Å².